The average Bonchev–Trinajstić information content (AvgIpc) is 2.96. The van der Waals surface area contributed by atoms with Crippen LogP contribution in [0, 0.1) is 5.82 Å². The van der Waals surface area contributed by atoms with Gasteiger partial charge in [-0.15, -0.1) is 0 Å². The van der Waals surface area contributed by atoms with Gasteiger partial charge in [0.15, 0.2) is 0 Å². The van der Waals surface area contributed by atoms with Crippen molar-refractivity contribution >= 4 is 16.8 Å². The van der Waals surface area contributed by atoms with Gasteiger partial charge >= 0.3 is 6.18 Å². The Morgan fingerprint density at radius 2 is 1.61 bits per heavy atom. The number of fused-ring (bicyclic) bond motifs is 1. The van der Waals surface area contributed by atoms with Gasteiger partial charge in [0.1, 0.15) is 11.6 Å². The second kappa shape index (κ2) is 11.3. The minimum atomic E-state index is -4.49. The van der Waals surface area contributed by atoms with Crippen LogP contribution in [0.25, 0.3) is 16.6 Å². The summed E-state index contributed by atoms with van der Waals surface area (Å²) >= 11 is 0. The number of para-hydroxylation sites is 1. The van der Waals surface area contributed by atoms with Crippen LogP contribution in [0.1, 0.15) is 35.6 Å². The summed E-state index contributed by atoms with van der Waals surface area (Å²) in [5.74, 6) is -0.651. The Kier molecular flexibility index (Phi) is 7.65. The molecule has 0 aliphatic heterocycles. The average molecular weight is 561 g/mol. The lowest BCUT2D eigenvalue weighted by Crippen LogP contribution is -2.38. The number of carbonyl (C=O) groups excluding carboxylic acids is 1. The van der Waals surface area contributed by atoms with Crippen LogP contribution in [-0.2, 0) is 23.9 Å². The first-order chi connectivity index (χ1) is 19.6. The van der Waals surface area contributed by atoms with Crippen molar-refractivity contribution in [1.29, 1.82) is 0 Å². The van der Waals surface area contributed by atoms with Crippen molar-refractivity contribution in [2.45, 2.75) is 32.1 Å². The Labute approximate surface area is 232 Å². The number of aromatic nitrogens is 3. The van der Waals surface area contributed by atoms with E-state index in [1.165, 1.54) is 45.9 Å². The van der Waals surface area contributed by atoms with E-state index in [1.54, 1.807) is 55.6 Å². The summed E-state index contributed by atoms with van der Waals surface area (Å²) < 4.78 is 54.3. The topological polar surface area (TPSA) is 68.1 Å². The van der Waals surface area contributed by atoms with Gasteiger partial charge in [-0.3, -0.25) is 19.1 Å². The van der Waals surface area contributed by atoms with Gasteiger partial charge in [-0.05, 0) is 73.2 Å². The van der Waals surface area contributed by atoms with Gasteiger partial charge in [-0.25, -0.2) is 9.37 Å². The van der Waals surface area contributed by atoms with Crippen LogP contribution in [0.15, 0.2) is 102 Å². The second-order valence-corrected chi connectivity index (χ2v) is 9.49. The molecule has 2 heterocycles. The Morgan fingerprint density at radius 1 is 0.927 bits per heavy atom. The largest absolute Gasteiger partial charge is 0.416 e. The monoisotopic (exact) mass is 560 g/mol. The molecule has 0 radical (unpaired) electrons. The number of hydrogen-bond donors (Lipinski definition) is 0. The summed E-state index contributed by atoms with van der Waals surface area (Å²) in [6.45, 7) is 1.76. The second-order valence-electron chi connectivity index (χ2n) is 9.49. The minimum absolute atomic E-state index is 0.0492. The first-order valence-electron chi connectivity index (χ1n) is 12.7. The summed E-state index contributed by atoms with van der Waals surface area (Å²) in [5.41, 5.74) is 0.545. The molecule has 41 heavy (non-hydrogen) atoms. The zero-order valence-electron chi connectivity index (χ0n) is 21.8. The van der Waals surface area contributed by atoms with Crippen molar-refractivity contribution < 1.29 is 22.4 Å². The number of alkyl halides is 3. The van der Waals surface area contributed by atoms with Crippen LogP contribution in [0.5, 0.6) is 0 Å². The summed E-state index contributed by atoms with van der Waals surface area (Å²) in [5, 5.41) is 0.347. The maximum absolute atomic E-state index is 13.8. The fourth-order valence-electron chi connectivity index (χ4n) is 4.60. The highest BCUT2D eigenvalue weighted by atomic mass is 19.4. The van der Waals surface area contributed by atoms with E-state index in [1.807, 2.05) is 0 Å². The Morgan fingerprint density at radius 3 is 2.27 bits per heavy atom. The molecule has 1 amide bonds. The van der Waals surface area contributed by atoms with Gasteiger partial charge < -0.3 is 4.90 Å². The summed E-state index contributed by atoms with van der Waals surface area (Å²) in [4.78, 5) is 38.1. The van der Waals surface area contributed by atoms with Gasteiger partial charge in [0.25, 0.3) is 5.56 Å². The molecule has 0 saturated carbocycles. The van der Waals surface area contributed by atoms with E-state index in [2.05, 4.69) is 4.98 Å². The first kappa shape index (κ1) is 27.7. The number of halogens is 4. The number of pyridine rings is 1. The van der Waals surface area contributed by atoms with Gasteiger partial charge in [-0.2, -0.15) is 13.2 Å². The van der Waals surface area contributed by atoms with Gasteiger partial charge in [0.2, 0.25) is 5.91 Å². The van der Waals surface area contributed by atoms with E-state index in [-0.39, 0.29) is 18.8 Å². The molecule has 3 aromatic carbocycles. The maximum Gasteiger partial charge on any atom is 0.416 e. The van der Waals surface area contributed by atoms with E-state index >= 15 is 0 Å². The molecule has 0 fully saturated rings. The normalized spacial score (nSPS) is 12.3. The SMILES string of the molecule is C[C@H](c1nc2ccccc2c(=O)n1-c1ccc(F)cc1)N(Cc1ccccn1)C(=O)Cc1ccc(C(F)(F)F)cc1. The molecule has 5 aromatic rings. The first-order valence-corrected chi connectivity index (χ1v) is 12.7. The predicted molar refractivity (Wildman–Crippen MR) is 146 cm³/mol. The maximum atomic E-state index is 13.8. The van der Waals surface area contributed by atoms with Crippen LogP contribution in [-0.4, -0.2) is 25.3 Å². The minimum Gasteiger partial charge on any atom is -0.327 e. The van der Waals surface area contributed by atoms with E-state index in [9.17, 15) is 27.2 Å². The Hall–Kier alpha value is -4.86. The van der Waals surface area contributed by atoms with E-state index in [0.717, 1.165) is 12.1 Å². The molecule has 1 atom stereocenters. The number of benzene rings is 3. The third-order valence-corrected chi connectivity index (χ3v) is 6.74. The molecule has 208 valence electrons. The van der Waals surface area contributed by atoms with Crippen LogP contribution in [0.2, 0.25) is 0 Å². The van der Waals surface area contributed by atoms with E-state index in [0.29, 0.717) is 27.8 Å². The molecular weight excluding hydrogens is 536 g/mol. The third-order valence-electron chi connectivity index (χ3n) is 6.74. The fourth-order valence-corrected chi connectivity index (χ4v) is 4.60. The molecule has 0 spiro atoms. The molecule has 0 aliphatic carbocycles. The van der Waals surface area contributed by atoms with Gasteiger partial charge in [-0.1, -0.05) is 30.3 Å². The zero-order chi connectivity index (χ0) is 29.1. The molecule has 10 heteroatoms. The standard InChI is InChI=1S/C31H24F4N4O2/c1-20(29-37-27-8-3-2-7-26(27)30(41)39(29)25-15-13-23(32)14-16-25)38(19-24-6-4-5-17-36-24)28(40)18-21-9-11-22(12-10-21)31(33,34)35/h2-17,20H,18-19H2,1H3/t20-/m1/s1. The molecule has 6 nitrogen and oxygen atoms in total. The Bertz CT molecular complexity index is 1740. The molecule has 0 N–H and O–H groups in total. The predicted octanol–water partition coefficient (Wildman–Crippen LogP) is 6.27. The molecule has 0 unspecified atom stereocenters. The molecule has 0 bridgehead atoms. The highest BCUT2D eigenvalue weighted by Crippen LogP contribution is 2.30. The smallest absolute Gasteiger partial charge is 0.327 e. The van der Waals surface area contributed by atoms with E-state index < -0.39 is 35.1 Å². The van der Waals surface area contributed by atoms with Crippen molar-refractivity contribution in [2.24, 2.45) is 0 Å². The lowest BCUT2D eigenvalue weighted by molar-refractivity contribution is -0.137. The number of amides is 1. The van der Waals surface area contributed by atoms with Crippen LogP contribution >= 0.6 is 0 Å². The van der Waals surface area contributed by atoms with Crippen LogP contribution in [0.4, 0.5) is 17.6 Å². The quantitative estimate of drug-likeness (QED) is 0.220. The van der Waals surface area contributed by atoms with Gasteiger partial charge in [0, 0.05) is 6.20 Å². The van der Waals surface area contributed by atoms with Crippen molar-refractivity contribution in [3.63, 3.8) is 0 Å². The molecular formula is C31H24F4N4O2. The highest BCUT2D eigenvalue weighted by Gasteiger charge is 2.31. The van der Waals surface area contributed by atoms with Crippen molar-refractivity contribution in [1.82, 2.24) is 19.4 Å². The van der Waals surface area contributed by atoms with Gasteiger partial charge in [0.05, 0.1) is 46.9 Å². The fraction of sp³-hybridized carbons (Fsp3) is 0.161. The third kappa shape index (κ3) is 6.01. The number of hydrogen-bond acceptors (Lipinski definition) is 4. The van der Waals surface area contributed by atoms with Crippen molar-refractivity contribution in [3.8, 4) is 5.69 Å². The van der Waals surface area contributed by atoms with E-state index in [4.69, 9.17) is 4.98 Å². The Balaban J connectivity index is 1.59. The lowest BCUT2D eigenvalue weighted by Gasteiger charge is -2.30. The highest BCUT2D eigenvalue weighted by molar-refractivity contribution is 5.80. The van der Waals surface area contributed by atoms with Crippen molar-refractivity contribution in [3.05, 3.63) is 136 Å². The van der Waals surface area contributed by atoms with Crippen LogP contribution < -0.4 is 5.56 Å². The molecule has 0 saturated heterocycles. The summed E-state index contributed by atoms with van der Waals surface area (Å²) in [7, 11) is 0. The molecule has 5 rings (SSSR count). The zero-order valence-corrected chi connectivity index (χ0v) is 21.8. The number of carbonyl (C=O) groups is 1. The molecule has 2 aromatic heterocycles. The molecule has 0 aliphatic rings. The summed E-state index contributed by atoms with van der Waals surface area (Å²) in [6.07, 6.45) is -3.10. The van der Waals surface area contributed by atoms with Crippen molar-refractivity contribution in [2.75, 3.05) is 0 Å². The number of nitrogens with zero attached hydrogens (tertiary/aromatic N) is 4. The summed E-state index contributed by atoms with van der Waals surface area (Å²) in [6, 6.07) is 21.0. The van der Waals surface area contributed by atoms with Crippen LogP contribution in [0.3, 0.4) is 0 Å². The lowest BCUT2D eigenvalue weighted by atomic mass is 10.1. The number of rotatable bonds is 7.